The van der Waals surface area contributed by atoms with Crippen molar-refractivity contribution in [2.45, 2.75) is 26.8 Å². The second-order valence-electron chi connectivity index (χ2n) is 4.69. The van der Waals surface area contributed by atoms with Crippen molar-refractivity contribution in [3.05, 3.63) is 30.3 Å². The lowest BCUT2D eigenvalue weighted by molar-refractivity contribution is 0.439. The molecule has 0 heterocycles. The highest BCUT2D eigenvalue weighted by atomic mass is 28.3. The average molecular weight is 194 g/mol. The van der Waals surface area contributed by atoms with E-state index in [4.69, 9.17) is 0 Å². The lowest BCUT2D eigenvalue weighted by atomic mass is 10.0. The first-order valence-corrected chi connectivity index (χ1v) is 6.63. The van der Waals surface area contributed by atoms with Crippen molar-refractivity contribution in [1.82, 2.24) is 0 Å². The van der Waals surface area contributed by atoms with Crippen LogP contribution in [0.15, 0.2) is 30.3 Å². The third-order valence-electron chi connectivity index (χ3n) is 1.99. The summed E-state index contributed by atoms with van der Waals surface area (Å²) in [7, 11) is -1.69. The number of benzene rings is 1. The molecule has 1 atom stereocenters. The van der Waals surface area contributed by atoms with E-state index in [-0.39, 0.29) is 5.41 Å². The number of hydrogen-bond acceptors (Lipinski definition) is 1. The summed E-state index contributed by atoms with van der Waals surface area (Å²) < 4.78 is 0. The first-order chi connectivity index (χ1) is 5.99. The van der Waals surface area contributed by atoms with Gasteiger partial charge in [0.15, 0.2) is 0 Å². The highest BCUT2D eigenvalue weighted by Crippen LogP contribution is 2.20. The van der Waals surface area contributed by atoms with Gasteiger partial charge < -0.3 is 4.80 Å². The Balaban J connectivity index is 2.64. The van der Waals surface area contributed by atoms with E-state index in [1.54, 1.807) is 0 Å². The molecule has 1 nitrogen and oxygen atoms in total. The van der Waals surface area contributed by atoms with Gasteiger partial charge in [-0.05, 0) is 16.6 Å². The first-order valence-electron chi connectivity index (χ1n) is 4.72. The maximum absolute atomic E-state index is 10.00. The molecule has 0 saturated carbocycles. The molecular formula is C11H18OSi. The topological polar surface area (TPSA) is 20.2 Å². The predicted octanol–water partition coefficient (Wildman–Crippen LogP) is 1.66. The summed E-state index contributed by atoms with van der Waals surface area (Å²) in [4.78, 5) is 10.00. The smallest absolute Gasteiger partial charge is 0.204 e. The molecule has 0 aliphatic rings. The molecule has 1 aromatic rings. The lowest BCUT2D eigenvalue weighted by Crippen LogP contribution is -2.33. The molecular weight excluding hydrogens is 176 g/mol. The Hall–Kier alpha value is -0.603. The van der Waals surface area contributed by atoms with Crippen LogP contribution in [0.5, 0.6) is 0 Å². The predicted molar refractivity (Wildman–Crippen MR) is 59.7 cm³/mol. The molecule has 0 aliphatic carbocycles. The quantitative estimate of drug-likeness (QED) is 0.710. The molecule has 0 aromatic heterocycles. The Kier molecular flexibility index (Phi) is 3.28. The van der Waals surface area contributed by atoms with Crippen molar-refractivity contribution >= 4 is 14.2 Å². The van der Waals surface area contributed by atoms with Crippen LogP contribution in [0.4, 0.5) is 0 Å². The van der Waals surface area contributed by atoms with Crippen molar-refractivity contribution in [1.29, 1.82) is 0 Å². The zero-order valence-corrected chi connectivity index (χ0v) is 9.77. The third-order valence-corrected chi connectivity index (χ3v) is 4.76. The summed E-state index contributed by atoms with van der Waals surface area (Å²) in [5.74, 6) is 0. The van der Waals surface area contributed by atoms with Gasteiger partial charge in [0.05, 0.1) is 0 Å². The van der Waals surface area contributed by atoms with Gasteiger partial charge in [-0.25, -0.2) is 0 Å². The molecule has 0 bridgehead atoms. The molecule has 0 radical (unpaired) electrons. The van der Waals surface area contributed by atoms with Gasteiger partial charge in [-0.2, -0.15) is 0 Å². The average Bonchev–Trinajstić information content (AvgIpc) is 2.03. The van der Waals surface area contributed by atoms with E-state index in [9.17, 15) is 4.80 Å². The number of rotatable bonds is 2. The Morgan fingerprint density at radius 2 is 1.69 bits per heavy atom. The van der Waals surface area contributed by atoms with Crippen LogP contribution >= 0.6 is 0 Å². The minimum atomic E-state index is -1.69. The van der Waals surface area contributed by atoms with Gasteiger partial charge >= 0.3 is 0 Å². The van der Waals surface area contributed by atoms with Gasteiger partial charge in [-0.15, -0.1) is 0 Å². The van der Waals surface area contributed by atoms with E-state index >= 15 is 0 Å². The Morgan fingerprint density at radius 3 is 2.15 bits per heavy atom. The van der Waals surface area contributed by atoms with Crippen LogP contribution in [-0.4, -0.2) is 13.8 Å². The molecule has 1 N–H and O–H groups in total. The van der Waals surface area contributed by atoms with E-state index < -0.39 is 9.04 Å². The van der Waals surface area contributed by atoms with Crippen LogP contribution in [0.1, 0.15) is 20.8 Å². The maximum Gasteiger partial charge on any atom is 0.204 e. The summed E-state index contributed by atoms with van der Waals surface area (Å²) >= 11 is 0. The largest absolute Gasteiger partial charge is 0.430 e. The second kappa shape index (κ2) is 4.07. The summed E-state index contributed by atoms with van der Waals surface area (Å²) in [5.41, 5.74) is 0.238. The fourth-order valence-electron chi connectivity index (χ4n) is 1.37. The molecule has 0 saturated heterocycles. The molecule has 1 aromatic carbocycles. The molecule has 0 spiro atoms. The number of hydrogen-bond donors (Lipinski definition) is 1. The SMILES string of the molecule is CC(C)(C)C[SiH](O)c1ccccc1. The summed E-state index contributed by atoms with van der Waals surface area (Å²) in [6.07, 6.45) is 0. The minimum absolute atomic E-state index is 0.238. The van der Waals surface area contributed by atoms with Crippen molar-refractivity contribution in [2.24, 2.45) is 5.41 Å². The van der Waals surface area contributed by atoms with Crippen LogP contribution in [0.25, 0.3) is 0 Å². The fraction of sp³-hybridized carbons (Fsp3) is 0.455. The van der Waals surface area contributed by atoms with Gasteiger partial charge in [0.1, 0.15) is 0 Å². The molecule has 13 heavy (non-hydrogen) atoms. The van der Waals surface area contributed by atoms with Crippen molar-refractivity contribution in [2.75, 3.05) is 0 Å². The maximum atomic E-state index is 10.00. The van der Waals surface area contributed by atoms with Crippen molar-refractivity contribution < 1.29 is 4.80 Å². The summed E-state index contributed by atoms with van der Waals surface area (Å²) in [5, 5.41) is 1.15. The molecule has 2 heteroatoms. The van der Waals surface area contributed by atoms with Gasteiger partial charge in [0, 0.05) is 0 Å². The van der Waals surface area contributed by atoms with E-state index in [1.807, 2.05) is 30.3 Å². The Morgan fingerprint density at radius 1 is 1.15 bits per heavy atom. The molecule has 0 amide bonds. The van der Waals surface area contributed by atoms with Crippen LogP contribution in [0.3, 0.4) is 0 Å². The van der Waals surface area contributed by atoms with Gasteiger partial charge in [-0.1, -0.05) is 51.1 Å². The van der Waals surface area contributed by atoms with E-state index in [0.717, 1.165) is 11.2 Å². The second-order valence-corrected chi connectivity index (χ2v) is 6.80. The van der Waals surface area contributed by atoms with E-state index in [2.05, 4.69) is 20.8 Å². The highest BCUT2D eigenvalue weighted by Gasteiger charge is 2.19. The molecule has 0 aliphatic heterocycles. The van der Waals surface area contributed by atoms with Gasteiger partial charge in [0.2, 0.25) is 9.04 Å². The molecule has 1 unspecified atom stereocenters. The molecule has 72 valence electrons. The van der Waals surface area contributed by atoms with Crippen molar-refractivity contribution in [3.8, 4) is 0 Å². The van der Waals surface area contributed by atoms with Gasteiger partial charge in [-0.3, -0.25) is 0 Å². The molecule has 0 fully saturated rings. The highest BCUT2D eigenvalue weighted by molar-refractivity contribution is 6.66. The summed E-state index contributed by atoms with van der Waals surface area (Å²) in [6.45, 7) is 6.52. The fourth-order valence-corrected chi connectivity index (χ4v) is 3.44. The third kappa shape index (κ3) is 3.74. The van der Waals surface area contributed by atoms with Crippen LogP contribution < -0.4 is 5.19 Å². The minimum Gasteiger partial charge on any atom is -0.430 e. The van der Waals surface area contributed by atoms with E-state index in [1.165, 1.54) is 0 Å². The van der Waals surface area contributed by atoms with Crippen molar-refractivity contribution in [3.63, 3.8) is 0 Å². The van der Waals surface area contributed by atoms with Crippen LogP contribution in [-0.2, 0) is 0 Å². The normalized spacial score (nSPS) is 14.2. The molecule has 1 rings (SSSR count). The zero-order valence-electron chi connectivity index (χ0n) is 8.62. The monoisotopic (exact) mass is 194 g/mol. The lowest BCUT2D eigenvalue weighted by Gasteiger charge is -2.21. The van der Waals surface area contributed by atoms with Crippen LogP contribution in [0.2, 0.25) is 6.04 Å². The standard InChI is InChI=1S/C11H18OSi/c1-11(2,3)9-13(12)10-7-5-4-6-8-10/h4-8,12-13H,9H2,1-3H3. The first kappa shape index (κ1) is 10.5. The Labute approximate surface area is 82.2 Å². The van der Waals surface area contributed by atoms with E-state index in [0.29, 0.717) is 0 Å². The zero-order chi connectivity index (χ0) is 9.90. The van der Waals surface area contributed by atoms with Crippen LogP contribution in [0, 0.1) is 5.41 Å². The summed E-state index contributed by atoms with van der Waals surface area (Å²) in [6, 6.07) is 11.0. The Bertz CT molecular complexity index is 251. The van der Waals surface area contributed by atoms with Gasteiger partial charge in [0.25, 0.3) is 0 Å².